The normalized spacial score (nSPS) is 23.9. The van der Waals surface area contributed by atoms with Gasteiger partial charge in [0.2, 0.25) is 0 Å². The van der Waals surface area contributed by atoms with Crippen molar-refractivity contribution in [2.45, 2.75) is 37.9 Å². The van der Waals surface area contributed by atoms with Crippen molar-refractivity contribution in [2.75, 3.05) is 25.0 Å². The van der Waals surface area contributed by atoms with E-state index in [1.807, 2.05) is 12.3 Å². The first-order valence-corrected chi connectivity index (χ1v) is 9.01. The lowest BCUT2D eigenvalue weighted by Crippen LogP contribution is -2.37. The summed E-state index contributed by atoms with van der Waals surface area (Å²) in [6, 6.07) is 16.2. The van der Waals surface area contributed by atoms with Crippen molar-refractivity contribution in [1.29, 1.82) is 0 Å². The summed E-state index contributed by atoms with van der Waals surface area (Å²) in [5.41, 5.74) is 2.48. The fourth-order valence-corrected chi connectivity index (χ4v) is 4.04. The molecule has 2 unspecified atom stereocenters. The third-order valence-corrected chi connectivity index (χ3v) is 5.47. The second kappa shape index (κ2) is 6.91. The Morgan fingerprint density at radius 2 is 1.92 bits per heavy atom. The molecule has 3 heterocycles. The fraction of sp³-hybridized carbons (Fsp3) is 0.450. The quantitative estimate of drug-likeness (QED) is 0.937. The standard InChI is InChI=1S/C20H26N4/c1-23(17-5-3-2-4-6-17)20-10-7-16(13-22-20)15-24-18-8-9-19(24)14-21-12-11-18/h2-7,10,13,18-19,21H,8-9,11-12,14-15H2,1H3. The number of para-hydroxylation sites is 1. The van der Waals surface area contributed by atoms with E-state index in [0.717, 1.165) is 37.2 Å². The summed E-state index contributed by atoms with van der Waals surface area (Å²) in [6.45, 7) is 3.33. The van der Waals surface area contributed by atoms with Gasteiger partial charge in [-0.25, -0.2) is 4.98 Å². The largest absolute Gasteiger partial charge is 0.329 e. The number of hydrogen-bond donors (Lipinski definition) is 1. The lowest BCUT2D eigenvalue weighted by molar-refractivity contribution is 0.193. The van der Waals surface area contributed by atoms with Crippen molar-refractivity contribution in [1.82, 2.24) is 15.2 Å². The second-order valence-electron chi connectivity index (χ2n) is 6.97. The van der Waals surface area contributed by atoms with Crippen LogP contribution in [0.25, 0.3) is 0 Å². The Hall–Kier alpha value is -1.91. The highest BCUT2D eigenvalue weighted by atomic mass is 15.2. The summed E-state index contributed by atoms with van der Waals surface area (Å²) in [5, 5.41) is 3.57. The number of nitrogens with zero attached hydrogens (tertiary/aromatic N) is 3. The number of pyridine rings is 1. The molecule has 2 saturated heterocycles. The Kier molecular flexibility index (Phi) is 4.50. The van der Waals surface area contributed by atoms with E-state index in [2.05, 4.69) is 58.6 Å². The molecule has 0 saturated carbocycles. The van der Waals surface area contributed by atoms with Gasteiger partial charge in [0.15, 0.2) is 0 Å². The van der Waals surface area contributed by atoms with Crippen molar-refractivity contribution < 1.29 is 0 Å². The molecule has 0 amide bonds. The van der Waals surface area contributed by atoms with Crippen LogP contribution in [0.4, 0.5) is 11.5 Å². The van der Waals surface area contributed by atoms with Gasteiger partial charge in [-0.1, -0.05) is 24.3 Å². The number of benzene rings is 1. The summed E-state index contributed by atoms with van der Waals surface area (Å²) in [6.07, 6.45) is 6.01. The molecular weight excluding hydrogens is 296 g/mol. The van der Waals surface area contributed by atoms with Gasteiger partial charge in [-0.2, -0.15) is 0 Å². The van der Waals surface area contributed by atoms with Gasteiger partial charge in [0.05, 0.1) is 0 Å². The molecule has 0 spiro atoms. The highest BCUT2D eigenvalue weighted by molar-refractivity contribution is 5.58. The Bertz CT molecular complexity index is 641. The number of aromatic nitrogens is 1. The number of fused-ring (bicyclic) bond motifs is 2. The lowest BCUT2D eigenvalue weighted by atomic mass is 10.1. The van der Waals surface area contributed by atoms with Gasteiger partial charge >= 0.3 is 0 Å². The van der Waals surface area contributed by atoms with Crippen LogP contribution in [-0.4, -0.2) is 42.1 Å². The van der Waals surface area contributed by atoms with Gasteiger partial charge in [0.1, 0.15) is 5.82 Å². The van der Waals surface area contributed by atoms with Crippen LogP contribution in [0.2, 0.25) is 0 Å². The van der Waals surface area contributed by atoms with E-state index >= 15 is 0 Å². The van der Waals surface area contributed by atoms with Crippen molar-refractivity contribution in [3.05, 3.63) is 54.2 Å². The van der Waals surface area contributed by atoms with Crippen LogP contribution in [0.15, 0.2) is 48.7 Å². The Morgan fingerprint density at radius 3 is 2.71 bits per heavy atom. The van der Waals surface area contributed by atoms with Gasteiger partial charge in [-0.15, -0.1) is 0 Å². The third-order valence-electron chi connectivity index (χ3n) is 5.47. The maximum atomic E-state index is 4.70. The van der Waals surface area contributed by atoms with Crippen LogP contribution in [0.1, 0.15) is 24.8 Å². The SMILES string of the molecule is CN(c1ccccc1)c1ccc(CN2C3CCNCC2CC3)cn1. The van der Waals surface area contributed by atoms with Gasteiger partial charge in [-0.05, 0) is 49.6 Å². The maximum absolute atomic E-state index is 4.70. The van der Waals surface area contributed by atoms with E-state index in [1.165, 1.54) is 24.8 Å². The van der Waals surface area contributed by atoms with E-state index in [0.29, 0.717) is 6.04 Å². The molecule has 1 N–H and O–H groups in total. The van der Waals surface area contributed by atoms with Crippen LogP contribution < -0.4 is 10.2 Å². The smallest absolute Gasteiger partial charge is 0.132 e. The summed E-state index contributed by atoms with van der Waals surface area (Å²) in [4.78, 5) is 9.52. The molecule has 2 aliphatic rings. The second-order valence-corrected chi connectivity index (χ2v) is 6.97. The van der Waals surface area contributed by atoms with Gasteiger partial charge in [0.25, 0.3) is 0 Å². The monoisotopic (exact) mass is 322 g/mol. The van der Waals surface area contributed by atoms with Gasteiger partial charge in [0, 0.05) is 44.1 Å². The molecule has 2 atom stereocenters. The van der Waals surface area contributed by atoms with Crippen LogP contribution >= 0.6 is 0 Å². The summed E-state index contributed by atoms with van der Waals surface area (Å²) in [5.74, 6) is 0.991. The van der Waals surface area contributed by atoms with E-state index < -0.39 is 0 Å². The van der Waals surface area contributed by atoms with Crippen molar-refractivity contribution in [2.24, 2.45) is 0 Å². The molecule has 2 aromatic rings. The Morgan fingerprint density at radius 1 is 1.08 bits per heavy atom. The Balaban J connectivity index is 1.46. The van der Waals surface area contributed by atoms with Crippen LogP contribution in [0.3, 0.4) is 0 Å². The Labute approximate surface area is 144 Å². The molecule has 2 fully saturated rings. The van der Waals surface area contributed by atoms with E-state index in [1.54, 1.807) is 0 Å². The van der Waals surface area contributed by atoms with Gasteiger partial charge in [-0.3, -0.25) is 4.90 Å². The third kappa shape index (κ3) is 3.17. The van der Waals surface area contributed by atoms with E-state index in [9.17, 15) is 0 Å². The predicted molar refractivity (Wildman–Crippen MR) is 98.6 cm³/mol. The van der Waals surface area contributed by atoms with E-state index in [-0.39, 0.29) is 0 Å². The number of nitrogens with one attached hydrogen (secondary N) is 1. The first-order valence-electron chi connectivity index (χ1n) is 9.01. The zero-order chi connectivity index (χ0) is 16.4. The van der Waals surface area contributed by atoms with Crippen molar-refractivity contribution >= 4 is 11.5 Å². The molecule has 0 aliphatic carbocycles. The zero-order valence-corrected chi connectivity index (χ0v) is 14.4. The minimum absolute atomic E-state index is 0.698. The van der Waals surface area contributed by atoms with Gasteiger partial charge < -0.3 is 10.2 Å². The minimum Gasteiger partial charge on any atom is -0.329 e. The molecule has 24 heavy (non-hydrogen) atoms. The van der Waals surface area contributed by atoms with Crippen LogP contribution in [-0.2, 0) is 6.54 Å². The minimum atomic E-state index is 0.698. The molecule has 4 rings (SSSR count). The maximum Gasteiger partial charge on any atom is 0.132 e. The van der Waals surface area contributed by atoms with Crippen molar-refractivity contribution in [3.63, 3.8) is 0 Å². The summed E-state index contributed by atoms with van der Waals surface area (Å²) >= 11 is 0. The highest BCUT2D eigenvalue weighted by Crippen LogP contribution is 2.30. The number of rotatable bonds is 4. The summed E-state index contributed by atoms with van der Waals surface area (Å²) < 4.78 is 0. The first-order chi connectivity index (χ1) is 11.8. The molecule has 0 radical (unpaired) electrons. The molecule has 1 aromatic heterocycles. The predicted octanol–water partition coefficient (Wildman–Crippen LogP) is 3.18. The first kappa shape index (κ1) is 15.6. The molecule has 4 nitrogen and oxygen atoms in total. The summed E-state index contributed by atoms with van der Waals surface area (Å²) in [7, 11) is 2.07. The molecular formula is C20H26N4. The van der Waals surface area contributed by atoms with E-state index in [4.69, 9.17) is 4.98 Å². The molecule has 2 bridgehead atoms. The average molecular weight is 322 g/mol. The van der Waals surface area contributed by atoms with Crippen LogP contribution in [0, 0.1) is 0 Å². The fourth-order valence-electron chi connectivity index (χ4n) is 4.04. The number of anilines is 2. The average Bonchev–Trinajstić information content (AvgIpc) is 2.88. The molecule has 126 valence electrons. The number of hydrogen-bond acceptors (Lipinski definition) is 4. The lowest BCUT2D eigenvalue weighted by Gasteiger charge is -2.27. The van der Waals surface area contributed by atoms with Crippen molar-refractivity contribution in [3.8, 4) is 0 Å². The van der Waals surface area contributed by atoms with Crippen LogP contribution in [0.5, 0.6) is 0 Å². The highest BCUT2D eigenvalue weighted by Gasteiger charge is 2.34. The molecule has 1 aromatic carbocycles. The molecule has 2 aliphatic heterocycles. The molecule has 4 heteroatoms. The zero-order valence-electron chi connectivity index (χ0n) is 14.4. The topological polar surface area (TPSA) is 31.4 Å².